The van der Waals surface area contributed by atoms with Crippen molar-refractivity contribution < 1.29 is 14.6 Å². The van der Waals surface area contributed by atoms with Gasteiger partial charge in [-0.15, -0.1) is 0 Å². The van der Waals surface area contributed by atoms with Crippen LogP contribution in [0, 0.1) is 0 Å². The molecule has 1 saturated heterocycles. The Morgan fingerprint density at radius 2 is 1.30 bits per heavy atom. The molecule has 1 unspecified atom stereocenters. The highest BCUT2D eigenvalue weighted by molar-refractivity contribution is 5.80. The minimum absolute atomic E-state index is 0.00584. The van der Waals surface area contributed by atoms with Gasteiger partial charge in [0.05, 0.1) is 13.2 Å². The Bertz CT molecular complexity index is 876. The van der Waals surface area contributed by atoms with Crippen molar-refractivity contribution >= 4 is 5.91 Å². The van der Waals surface area contributed by atoms with Gasteiger partial charge in [-0.2, -0.15) is 0 Å². The van der Waals surface area contributed by atoms with E-state index in [0.717, 1.165) is 16.7 Å². The minimum atomic E-state index is -1.15. The Kier molecular flexibility index (Phi) is 5.68. The fourth-order valence-corrected chi connectivity index (χ4v) is 3.96. The molecule has 0 aliphatic carbocycles. The number of hydrogen-bond acceptors (Lipinski definition) is 4. The zero-order chi connectivity index (χ0) is 21.0. The highest BCUT2D eigenvalue weighted by atomic mass is 16.5. The van der Waals surface area contributed by atoms with Gasteiger partial charge >= 0.3 is 0 Å². The van der Waals surface area contributed by atoms with Crippen LogP contribution in [-0.2, 0) is 15.1 Å². The van der Waals surface area contributed by atoms with Crippen molar-refractivity contribution in [2.45, 2.75) is 23.6 Å². The Morgan fingerprint density at radius 3 is 1.63 bits per heavy atom. The summed E-state index contributed by atoms with van der Waals surface area (Å²) in [6.07, 6.45) is -0.00584. The van der Waals surface area contributed by atoms with Crippen molar-refractivity contribution in [2.75, 3.05) is 13.2 Å². The molecule has 3 aromatic rings. The lowest BCUT2D eigenvalue weighted by molar-refractivity contribution is -0.190. The molecule has 4 rings (SSSR count). The quantitative estimate of drug-likeness (QED) is 0.531. The van der Waals surface area contributed by atoms with Crippen LogP contribution in [0.15, 0.2) is 91.0 Å². The van der Waals surface area contributed by atoms with Gasteiger partial charge < -0.3 is 20.9 Å². The van der Waals surface area contributed by atoms with Gasteiger partial charge in [0.2, 0.25) is 5.91 Å². The number of nitrogens with one attached hydrogen (secondary N) is 1. The maximum atomic E-state index is 13.2. The lowest BCUT2D eigenvalue weighted by Gasteiger charge is -2.41. The molecule has 0 spiro atoms. The highest BCUT2D eigenvalue weighted by Crippen LogP contribution is 2.37. The summed E-state index contributed by atoms with van der Waals surface area (Å²) in [6.45, 7) is 0.311. The number of carbonyl (C=O) groups is 1. The molecule has 3 aromatic carbocycles. The van der Waals surface area contributed by atoms with Crippen LogP contribution in [0.1, 0.15) is 23.1 Å². The smallest absolute Gasteiger partial charge is 0.222 e. The van der Waals surface area contributed by atoms with Crippen molar-refractivity contribution in [1.82, 2.24) is 5.32 Å². The molecule has 1 aliphatic heterocycles. The Labute approximate surface area is 176 Å². The molecular weight excluding hydrogens is 376 g/mol. The Morgan fingerprint density at radius 1 is 0.900 bits per heavy atom. The molecule has 1 atom stereocenters. The molecule has 1 heterocycles. The zero-order valence-electron chi connectivity index (χ0n) is 16.7. The van der Waals surface area contributed by atoms with E-state index in [1.54, 1.807) is 0 Å². The van der Waals surface area contributed by atoms with Crippen molar-refractivity contribution in [2.24, 2.45) is 5.73 Å². The summed E-state index contributed by atoms with van der Waals surface area (Å²) in [7, 11) is 0. The third-order valence-corrected chi connectivity index (χ3v) is 5.75. The van der Waals surface area contributed by atoms with Gasteiger partial charge in [0.1, 0.15) is 11.1 Å². The van der Waals surface area contributed by atoms with Crippen molar-refractivity contribution in [3.05, 3.63) is 108 Å². The first-order valence-electron chi connectivity index (χ1n) is 10.1. The van der Waals surface area contributed by atoms with Crippen LogP contribution in [-0.4, -0.2) is 35.9 Å². The number of benzene rings is 3. The van der Waals surface area contributed by atoms with E-state index in [9.17, 15) is 9.90 Å². The second kappa shape index (κ2) is 8.40. The monoisotopic (exact) mass is 402 g/mol. The molecule has 4 N–H and O–H groups in total. The van der Waals surface area contributed by atoms with E-state index in [1.165, 1.54) is 0 Å². The molecule has 1 fully saturated rings. The maximum absolute atomic E-state index is 13.2. The summed E-state index contributed by atoms with van der Waals surface area (Å²) in [4.78, 5) is 13.2. The third kappa shape index (κ3) is 3.75. The number of rotatable bonds is 7. The Balaban J connectivity index is 1.78. The summed E-state index contributed by atoms with van der Waals surface area (Å²) < 4.78 is 5.09. The number of carbonyl (C=O) groups excluding carboxylic acids is 1. The number of hydrogen-bond donors (Lipinski definition) is 3. The molecule has 5 heteroatoms. The van der Waals surface area contributed by atoms with Crippen LogP contribution < -0.4 is 11.1 Å². The minimum Gasteiger partial charge on any atom is -0.383 e. The molecule has 30 heavy (non-hydrogen) atoms. The largest absolute Gasteiger partial charge is 0.383 e. The molecule has 5 nitrogen and oxygen atoms in total. The summed E-state index contributed by atoms with van der Waals surface area (Å²) in [5.41, 5.74) is 6.94. The van der Waals surface area contributed by atoms with Crippen molar-refractivity contribution in [3.8, 4) is 0 Å². The first kappa shape index (κ1) is 20.3. The molecule has 154 valence electrons. The molecular formula is C25H26N2O3. The molecule has 0 aromatic heterocycles. The number of ether oxygens (including phenoxy) is 1. The van der Waals surface area contributed by atoms with Gasteiger partial charge in [-0.05, 0) is 16.7 Å². The van der Waals surface area contributed by atoms with Crippen LogP contribution in [0.3, 0.4) is 0 Å². The topological polar surface area (TPSA) is 84.6 Å². The predicted molar refractivity (Wildman–Crippen MR) is 116 cm³/mol. The number of aliphatic hydroxyl groups is 1. The normalized spacial score (nSPS) is 16.3. The molecule has 0 radical (unpaired) electrons. The van der Waals surface area contributed by atoms with E-state index in [0.29, 0.717) is 0 Å². The fraction of sp³-hybridized carbons (Fsp3) is 0.240. The van der Waals surface area contributed by atoms with Gasteiger partial charge in [0.15, 0.2) is 0 Å². The van der Waals surface area contributed by atoms with E-state index in [4.69, 9.17) is 10.5 Å². The van der Waals surface area contributed by atoms with E-state index in [-0.39, 0.29) is 25.5 Å². The Hall–Kier alpha value is -2.99. The lowest BCUT2D eigenvalue weighted by atomic mass is 9.76. The SMILES string of the molecule is NC(CC(=O)NC(c1ccccc1)(c1ccccc1)c1ccccc1)C1(O)COC1. The lowest BCUT2D eigenvalue weighted by Crippen LogP contribution is -2.63. The first-order valence-corrected chi connectivity index (χ1v) is 10.1. The van der Waals surface area contributed by atoms with Crippen molar-refractivity contribution in [3.63, 3.8) is 0 Å². The van der Waals surface area contributed by atoms with Gasteiger partial charge in [-0.25, -0.2) is 0 Å². The van der Waals surface area contributed by atoms with Gasteiger partial charge in [0.25, 0.3) is 0 Å². The van der Waals surface area contributed by atoms with Crippen LogP contribution >= 0.6 is 0 Å². The second-order valence-electron chi connectivity index (χ2n) is 7.80. The average molecular weight is 402 g/mol. The number of amides is 1. The molecule has 0 bridgehead atoms. The van der Waals surface area contributed by atoms with E-state index >= 15 is 0 Å². The van der Waals surface area contributed by atoms with E-state index in [1.807, 2.05) is 91.0 Å². The van der Waals surface area contributed by atoms with Gasteiger partial charge in [-0.1, -0.05) is 91.0 Å². The summed E-state index contributed by atoms with van der Waals surface area (Å²) in [5, 5.41) is 13.7. The van der Waals surface area contributed by atoms with Gasteiger partial charge in [0, 0.05) is 12.5 Å². The first-order chi connectivity index (χ1) is 14.5. The fourth-order valence-electron chi connectivity index (χ4n) is 3.96. The molecule has 1 amide bonds. The summed E-state index contributed by atoms with van der Waals surface area (Å²) in [5.74, 6) is -0.237. The van der Waals surface area contributed by atoms with Crippen LogP contribution in [0.5, 0.6) is 0 Å². The second-order valence-corrected chi connectivity index (χ2v) is 7.80. The van der Waals surface area contributed by atoms with Crippen LogP contribution in [0.2, 0.25) is 0 Å². The maximum Gasteiger partial charge on any atom is 0.222 e. The molecule has 0 saturated carbocycles. The third-order valence-electron chi connectivity index (χ3n) is 5.75. The van der Waals surface area contributed by atoms with Crippen LogP contribution in [0.25, 0.3) is 0 Å². The summed E-state index contributed by atoms with van der Waals surface area (Å²) >= 11 is 0. The van der Waals surface area contributed by atoms with Crippen molar-refractivity contribution in [1.29, 1.82) is 0 Å². The van der Waals surface area contributed by atoms with Gasteiger partial charge in [-0.3, -0.25) is 4.79 Å². The van der Waals surface area contributed by atoms with E-state index < -0.39 is 17.2 Å². The highest BCUT2D eigenvalue weighted by Gasteiger charge is 2.44. The number of nitrogens with two attached hydrogens (primary N) is 1. The van der Waals surface area contributed by atoms with E-state index in [2.05, 4.69) is 5.32 Å². The average Bonchev–Trinajstić information content (AvgIpc) is 2.77. The summed E-state index contributed by atoms with van der Waals surface area (Å²) in [6, 6.07) is 29.0. The standard InChI is InChI=1S/C25H26N2O3/c26-22(24(29)17-30-18-24)16-23(28)27-25(19-10-4-1-5-11-19,20-12-6-2-7-13-20)21-14-8-3-9-15-21/h1-15,22,29H,16-18,26H2,(H,27,28). The van der Waals surface area contributed by atoms with Crippen LogP contribution in [0.4, 0.5) is 0 Å². The zero-order valence-corrected chi connectivity index (χ0v) is 16.7. The molecule has 1 aliphatic rings. The predicted octanol–water partition coefficient (Wildman–Crippen LogP) is 2.57.